The predicted molar refractivity (Wildman–Crippen MR) is 59.7 cm³/mol. The number of hydrogen-bond donors (Lipinski definition) is 1. The van der Waals surface area contributed by atoms with Gasteiger partial charge in [0.15, 0.2) is 5.12 Å². The van der Waals surface area contributed by atoms with Gasteiger partial charge in [0.2, 0.25) is 0 Å². The van der Waals surface area contributed by atoms with E-state index < -0.39 is 0 Å². The van der Waals surface area contributed by atoms with Gasteiger partial charge in [-0.2, -0.15) is 0 Å². The van der Waals surface area contributed by atoms with E-state index in [1.165, 1.54) is 11.8 Å². The average Bonchev–Trinajstić information content (AvgIpc) is 2.04. The molecular formula is C10H19NOS. The molecule has 0 aromatic rings. The Kier molecular flexibility index (Phi) is 6.77. The van der Waals surface area contributed by atoms with Gasteiger partial charge in [0.05, 0.1) is 0 Å². The Morgan fingerprint density at radius 1 is 1.54 bits per heavy atom. The van der Waals surface area contributed by atoms with Crippen molar-refractivity contribution in [1.82, 2.24) is 5.32 Å². The third kappa shape index (κ3) is 6.70. The number of carbonyl (C=O) groups excluding carboxylic acids is 1. The van der Waals surface area contributed by atoms with Gasteiger partial charge in [-0.15, -0.1) is 0 Å². The Labute approximate surface area is 85.2 Å². The fourth-order valence-electron chi connectivity index (χ4n) is 0.762. The first-order valence-electron chi connectivity index (χ1n) is 4.66. The molecule has 0 fully saturated rings. The van der Waals surface area contributed by atoms with Crippen LogP contribution in [0.1, 0.15) is 27.2 Å². The molecule has 76 valence electrons. The first kappa shape index (κ1) is 12.6. The minimum absolute atomic E-state index is 0.256. The van der Waals surface area contributed by atoms with Crippen molar-refractivity contribution in [2.75, 3.05) is 12.3 Å². The Bertz CT molecular complexity index is 178. The molecule has 0 radical (unpaired) electrons. The Morgan fingerprint density at radius 3 is 2.62 bits per heavy atom. The number of rotatable bonds is 6. The first-order valence-corrected chi connectivity index (χ1v) is 5.64. The summed E-state index contributed by atoms with van der Waals surface area (Å²) in [4.78, 5) is 11.1. The van der Waals surface area contributed by atoms with Gasteiger partial charge in [0.1, 0.15) is 0 Å². The zero-order valence-corrected chi connectivity index (χ0v) is 9.54. The highest BCUT2D eigenvalue weighted by atomic mass is 32.2. The van der Waals surface area contributed by atoms with E-state index in [4.69, 9.17) is 0 Å². The van der Waals surface area contributed by atoms with E-state index in [0.717, 1.165) is 11.4 Å². The number of thioether (sulfide) groups is 1. The summed E-state index contributed by atoms with van der Waals surface area (Å²) < 4.78 is 0. The van der Waals surface area contributed by atoms with Crippen LogP contribution in [0, 0.1) is 5.92 Å². The van der Waals surface area contributed by atoms with Gasteiger partial charge < -0.3 is 5.32 Å². The first-order chi connectivity index (χ1) is 6.07. The van der Waals surface area contributed by atoms with Crippen molar-refractivity contribution >= 4 is 16.9 Å². The molecule has 0 saturated heterocycles. The largest absolute Gasteiger partial charge is 0.388 e. The lowest BCUT2D eigenvalue weighted by Gasteiger charge is -2.11. The van der Waals surface area contributed by atoms with Gasteiger partial charge in [-0.3, -0.25) is 4.79 Å². The van der Waals surface area contributed by atoms with Crippen LogP contribution in [0.4, 0.5) is 0 Å². The molecule has 0 bridgehead atoms. The van der Waals surface area contributed by atoms with E-state index in [1.807, 2.05) is 6.92 Å². The van der Waals surface area contributed by atoms with Crippen molar-refractivity contribution in [3.63, 3.8) is 0 Å². The molecule has 0 spiro atoms. The monoisotopic (exact) mass is 201 g/mol. The highest BCUT2D eigenvalue weighted by molar-refractivity contribution is 8.13. The zero-order valence-electron chi connectivity index (χ0n) is 8.72. The number of nitrogens with one attached hydrogen (secondary N) is 1. The summed E-state index contributed by atoms with van der Waals surface area (Å²) in [5.41, 5.74) is 1.01. The molecule has 1 N–H and O–H groups in total. The third-order valence-electron chi connectivity index (χ3n) is 1.68. The second-order valence-corrected chi connectivity index (χ2v) is 4.48. The molecule has 3 heteroatoms. The van der Waals surface area contributed by atoms with Crippen molar-refractivity contribution in [2.24, 2.45) is 5.92 Å². The molecule has 0 atom stereocenters. The molecule has 0 rings (SSSR count). The molecule has 2 nitrogen and oxygen atoms in total. The molecule has 0 aromatic carbocycles. The molecule has 0 aliphatic carbocycles. The lowest BCUT2D eigenvalue weighted by Crippen LogP contribution is -2.19. The highest BCUT2D eigenvalue weighted by Gasteiger charge is 2.02. The van der Waals surface area contributed by atoms with Crippen LogP contribution in [0.2, 0.25) is 0 Å². The predicted octanol–water partition coefficient (Wildman–Crippen LogP) is 2.42. The van der Waals surface area contributed by atoms with E-state index >= 15 is 0 Å². The fraction of sp³-hybridized carbons (Fsp3) is 0.700. The SMILES string of the molecule is C=C(NCCC(=O)SCC)C(C)C. The van der Waals surface area contributed by atoms with E-state index in [0.29, 0.717) is 18.9 Å². The number of carbonyl (C=O) groups is 1. The summed E-state index contributed by atoms with van der Waals surface area (Å²) in [6.45, 7) is 10.7. The van der Waals surface area contributed by atoms with E-state index in [1.54, 1.807) is 0 Å². The van der Waals surface area contributed by atoms with Gasteiger partial charge >= 0.3 is 0 Å². The maximum Gasteiger partial charge on any atom is 0.190 e. The summed E-state index contributed by atoms with van der Waals surface area (Å²) in [7, 11) is 0. The summed E-state index contributed by atoms with van der Waals surface area (Å²) in [5, 5.41) is 3.40. The van der Waals surface area contributed by atoms with Crippen molar-refractivity contribution in [3.8, 4) is 0 Å². The molecular weight excluding hydrogens is 182 g/mol. The van der Waals surface area contributed by atoms with Crippen LogP contribution in [0.3, 0.4) is 0 Å². The second-order valence-electron chi connectivity index (χ2n) is 3.16. The van der Waals surface area contributed by atoms with E-state index in [2.05, 4.69) is 25.7 Å². The minimum Gasteiger partial charge on any atom is -0.388 e. The summed E-state index contributed by atoms with van der Waals surface area (Å²) in [5.74, 6) is 1.30. The van der Waals surface area contributed by atoms with Gasteiger partial charge in [-0.1, -0.05) is 39.1 Å². The quantitative estimate of drug-likeness (QED) is 0.715. The van der Waals surface area contributed by atoms with Crippen LogP contribution in [-0.4, -0.2) is 17.4 Å². The minimum atomic E-state index is 0.256. The van der Waals surface area contributed by atoms with Crippen LogP contribution in [0.15, 0.2) is 12.3 Å². The Morgan fingerprint density at radius 2 is 2.15 bits per heavy atom. The highest BCUT2D eigenvalue weighted by Crippen LogP contribution is 2.05. The van der Waals surface area contributed by atoms with E-state index in [9.17, 15) is 4.79 Å². The van der Waals surface area contributed by atoms with Crippen molar-refractivity contribution in [3.05, 3.63) is 12.3 Å². The second kappa shape index (κ2) is 7.01. The fourth-order valence-corrected chi connectivity index (χ4v) is 1.33. The Balaban J connectivity index is 3.45. The summed E-state index contributed by atoms with van der Waals surface area (Å²) >= 11 is 1.38. The standard InChI is InChI=1S/C10H19NOS/c1-5-13-10(12)6-7-11-9(4)8(2)3/h8,11H,4-7H2,1-3H3. The van der Waals surface area contributed by atoms with Gasteiger partial charge in [-0.25, -0.2) is 0 Å². The average molecular weight is 201 g/mol. The lowest BCUT2D eigenvalue weighted by molar-refractivity contribution is -0.110. The van der Waals surface area contributed by atoms with Crippen LogP contribution >= 0.6 is 11.8 Å². The molecule has 0 aromatic heterocycles. The van der Waals surface area contributed by atoms with Crippen molar-refractivity contribution in [2.45, 2.75) is 27.2 Å². The van der Waals surface area contributed by atoms with Crippen molar-refractivity contribution in [1.29, 1.82) is 0 Å². The lowest BCUT2D eigenvalue weighted by atomic mass is 10.1. The molecule has 0 aliphatic heterocycles. The Hall–Kier alpha value is -0.440. The third-order valence-corrected chi connectivity index (χ3v) is 2.50. The molecule has 13 heavy (non-hydrogen) atoms. The molecule has 0 heterocycles. The zero-order chi connectivity index (χ0) is 10.3. The van der Waals surface area contributed by atoms with E-state index in [-0.39, 0.29) is 5.12 Å². The van der Waals surface area contributed by atoms with Gasteiger partial charge in [0.25, 0.3) is 0 Å². The molecule has 0 amide bonds. The maximum absolute atomic E-state index is 11.1. The maximum atomic E-state index is 11.1. The van der Waals surface area contributed by atoms with Crippen LogP contribution in [0.5, 0.6) is 0 Å². The summed E-state index contributed by atoms with van der Waals surface area (Å²) in [6, 6.07) is 0. The normalized spacial score (nSPS) is 10.2. The smallest absolute Gasteiger partial charge is 0.190 e. The van der Waals surface area contributed by atoms with Crippen molar-refractivity contribution < 1.29 is 4.79 Å². The van der Waals surface area contributed by atoms with Crippen LogP contribution < -0.4 is 5.32 Å². The molecule has 0 aliphatic rings. The number of hydrogen-bond acceptors (Lipinski definition) is 3. The molecule has 0 saturated carbocycles. The summed E-state index contributed by atoms with van der Waals surface area (Å²) in [6.07, 6.45) is 0.588. The van der Waals surface area contributed by atoms with Crippen LogP contribution in [-0.2, 0) is 4.79 Å². The van der Waals surface area contributed by atoms with Gasteiger partial charge in [0, 0.05) is 18.7 Å². The van der Waals surface area contributed by atoms with Crippen LogP contribution in [0.25, 0.3) is 0 Å². The number of allylic oxidation sites excluding steroid dienone is 1. The topological polar surface area (TPSA) is 29.1 Å². The molecule has 0 unspecified atom stereocenters. The van der Waals surface area contributed by atoms with Gasteiger partial charge in [-0.05, 0) is 11.7 Å².